The topological polar surface area (TPSA) is 81.4 Å². The monoisotopic (exact) mass is 248 g/mol. The first kappa shape index (κ1) is 15.1. The molecule has 0 rings (SSSR count). The minimum Gasteiger partial charge on any atom is -0.444 e. The van der Waals surface area contributed by atoms with E-state index in [1.165, 1.54) is 0 Å². The molecule has 0 bridgehead atoms. The van der Waals surface area contributed by atoms with Gasteiger partial charge in [-0.25, -0.2) is 4.79 Å². The Morgan fingerprint density at radius 1 is 1.44 bits per heavy atom. The van der Waals surface area contributed by atoms with Gasteiger partial charge in [-0.15, -0.1) is 0 Å². The number of carbonyl (C=O) groups is 2. The summed E-state index contributed by atoms with van der Waals surface area (Å²) in [6, 6.07) is -0.665. The first-order valence-corrected chi connectivity index (χ1v) is 6.43. The molecule has 0 radical (unpaired) electrons. The van der Waals surface area contributed by atoms with Crippen LogP contribution in [0.2, 0.25) is 0 Å². The van der Waals surface area contributed by atoms with Crippen molar-refractivity contribution in [2.75, 3.05) is 12.0 Å². The Bertz CT molecular complexity index is 251. The number of nitrogens with two attached hydrogens (primary N) is 1. The molecular weight excluding hydrogens is 228 g/mol. The Kier molecular flexibility index (Phi) is 6.25. The van der Waals surface area contributed by atoms with E-state index in [4.69, 9.17) is 10.5 Å². The van der Waals surface area contributed by atoms with E-state index in [2.05, 4.69) is 5.32 Å². The fourth-order valence-corrected chi connectivity index (χ4v) is 1.44. The van der Waals surface area contributed by atoms with E-state index >= 15 is 0 Å². The molecule has 0 aliphatic rings. The molecule has 0 aliphatic carbocycles. The molecule has 0 saturated carbocycles. The molecule has 0 spiro atoms. The Balaban J connectivity index is 4.19. The summed E-state index contributed by atoms with van der Waals surface area (Å²) in [4.78, 5) is 22.4. The highest BCUT2D eigenvalue weighted by atomic mass is 32.2. The third kappa shape index (κ3) is 7.39. The third-order valence-electron chi connectivity index (χ3n) is 1.65. The van der Waals surface area contributed by atoms with Gasteiger partial charge in [-0.2, -0.15) is 11.8 Å². The number of amides is 2. The molecule has 16 heavy (non-hydrogen) atoms. The van der Waals surface area contributed by atoms with Gasteiger partial charge in [-0.1, -0.05) is 0 Å². The van der Waals surface area contributed by atoms with Gasteiger partial charge in [0.25, 0.3) is 0 Å². The van der Waals surface area contributed by atoms with Gasteiger partial charge in [-0.3, -0.25) is 4.79 Å². The van der Waals surface area contributed by atoms with Gasteiger partial charge in [0.15, 0.2) is 0 Å². The van der Waals surface area contributed by atoms with Crippen molar-refractivity contribution in [3.05, 3.63) is 0 Å². The van der Waals surface area contributed by atoms with Gasteiger partial charge in [0, 0.05) is 0 Å². The van der Waals surface area contributed by atoms with E-state index in [0.29, 0.717) is 6.42 Å². The average molecular weight is 248 g/mol. The maximum Gasteiger partial charge on any atom is 0.408 e. The number of rotatable bonds is 5. The number of thioether (sulfide) groups is 1. The van der Waals surface area contributed by atoms with E-state index < -0.39 is 23.6 Å². The molecule has 0 aromatic heterocycles. The van der Waals surface area contributed by atoms with Crippen LogP contribution in [0.1, 0.15) is 27.2 Å². The van der Waals surface area contributed by atoms with E-state index in [9.17, 15) is 9.59 Å². The van der Waals surface area contributed by atoms with Crippen molar-refractivity contribution in [1.82, 2.24) is 5.32 Å². The lowest BCUT2D eigenvalue weighted by Gasteiger charge is -2.22. The zero-order chi connectivity index (χ0) is 12.8. The Labute approximate surface area is 100 Å². The first-order chi connectivity index (χ1) is 7.26. The predicted octanol–water partition coefficient (Wildman–Crippen LogP) is 1.12. The quantitative estimate of drug-likeness (QED) is 0.764. The summed E-state index contributed by atoms with van der Waals surface area (Å²) in [6.07, 6.45) is 1.82. The SMILES string of the molecule is CSCCC(NC(=O)OC(C)(C)C)C(N)=O. The Morgan fingerprint density at radius 3 is 2.38 bits per heavy atom. The summed E-state index contributed by atoms with van der Waals surface area (Å²) in [7, 11) is 0. The average Bonchev–Trinajstić information content (AvgIpc) is 2.08. The van der Waals surface area contributed by atoms with Crippen molar-refractivity contribution in [3.63, 3.8) is 0 Å². The minimum absolute atomic E-state index is 0.510. The van der Waals surface area contributed by atoms with Gasteiger partial charge in [0.2, 0.25) is 5.91 Å². The van der Waals surface area contributed by atoms with Crippen molar-refractivity contribution >= 4 is 23.8 Å². The second-order valence-corrected chi connectivity index (χ2v) is 5.37. The molecule has 94 valence electrons. The van der Waals surface area contributed by atoms with Crippen LogP contribution in [-0.4, -0.2) is 35.7 Å². The summed E-state index contributed by atoms with van der Waals surface area (Å²) in [5, 5.41) is 2.46. The summed E-state index contributed by atoms with van der Waals surface area (Å²) in [5.41, 5.74) is 4.59. The highest BCUT2D eigenvalue weighted by Crippen LogP contribution is 2.07. The Morgan fingerprint density at radius 2 is 2.00 bits per heavy atom. The zero-order valence-electron chi connectivity index (χ0n) is 10.2. The lowest BCUT2D eigenvalue weighted by Crippen LogP contribution is -2.46. The van der Waals surface area contributed by atoms with Crippen LogP contribution >= 0.6 is 11.8 Å². The maximum absolute atomic E-state index is 11.4. The number of carbonyl (C=O) groups excluding carboxylic acids is 2. The van der Waals surface area contributed by atoms with E-state index in [0.717, 1.165) is 5.75 Å². The van der Waals surface area contributed by atoms with Gasteiger partial charge in [0.05, 0.1) is 0 Å². The molecule has 0 saturated heterocycles. The number of ether oxygens (including phenoxy) is 1. The van der Waals surface area contributed by atoms with Crippen molar-refractivity contribution in [1.29, 1.82) is 0 Å². The van der Waals surface area contributed by atoms with Gasteiger partial charge in [0.1, 0.15) is 11.6 Å². The van der Waals surface area contributed by atoms with Crippen LogP contribution in [0.3, 0.4) is 0 Å². The second-order valence-electron chi connectivity index (χ2n) is 4.38. The van der Waals surface area contributed by atoms with Crippen molar-refractivity contribution in [3.8, 4) is 0 Å². The molecule has 0 heterocycles. The summed E-state index contributed by atoms with van der Waals surface area (Å²) < 4.78 is 5.03. The third-order valence-corrected chi connectivity index (χ3v) is 2.29. The highest BCUT2D eigenvalue weighted by Gasteiger charge is 2.22. The minimum atomic E-state index is -0.665. The summed E-state index contributed by atoms with van der Waals surface area (Å²) in [6.45, 7) is 5.27. The van der Waals surface area contributed by atoms with Crippen molar-refractivity contribution in [2.45, 2.75) is 38.8 Å². The van der Waals surface area contributed by atoms with Crippen LogP contribution in [0.15, 0.2) is 0 Å². The van der Waals surface area contributed by atoms with Crippen LogP contribution < -0.4 is 11.1 Å². The van der Waals surface area contributed by atoms with E-state index in [1.54, 1.807) is 32.5 Å². The van der Waals surface area contributed by atoms with Crippen LogP contribution in [0.5, 0.6) is 0 Å². The van der Waals surface area contributed by atoms with Crippen LogP contribution in [0.4, 0.5) is 4.79 Å². The molecule has 0 fully saturated rings. The second kappa shape index (κ2) is 6.62. The number of hydrogen-bond acceptors (Lipinski definition) is 4. The molecule has 0 aromatic carbocycles. The molecule has 3 N–H and O–H groups in total. The molecular formula is C10H20N2O3S. The zero-order valence-corrected chi connectivity index (χ0v) is 11.0. The molecule has 1 unspecified atom stereocenters. The fraction of sp³-hybridized carbons (Fsp3) is 0.800. The molecule has 0 aromatic rings. The fourth-order valence-electron chi connectivity index (χ4n) is 0.971. The number of alkyl carbamates (subject to hydrolysis) is 1. The highest BCUT2D eigenvalue weighted by molar-refractivity contribution is 7.98. The lowest BCUT2D eigenvalue weighted by molar-refractivity contribution is -0.120. The van der Waals surface area contributed by atoms with E-state index in [-0.39, 0.29) is 0 Å². The molecule has 1 atom stereocenters. The summed E-state index contributed by atoms with van der Waals surface area (Å²) >= 11 is 1.59. The summed E-state index contributed by atoms with van der Waals surface area (Å²) in [5.74, 6) is 0.212. The lowest BCUT2D eigenvalue weighted by atomic mass is 10.2. The van der Waals surface area contributed by atoms with Gasteiger partial charge < -0.3 is 15.8 Å². The smallest absolute Gasteiger partial charge is 0.408 e. The predicted molar refractivity (Wildman–Crippen MR) is 65.4 cm³/mol. The Hall–Kier alpha value is -0.910. The number of hydrogen-bond donors (Lipinski definition) is 2. The van der Waals surface area contributed by atoms with Gasteiger partial charge in [-0.05, 0) is 39.2 Å². The van der Waals surface area contributed by atoms with E-state index in [1.807, 2.05) is 6.26 Å². The standard InChI is InChI=1S/C10H20N2O3S/c1-10(2,3)15-9(14)12-7(8(11)13)5-6-16-4/h7H,5-6H2,1-4H3,(H2,11,13)(H,12,14). The number of nitrogens with one attached hydrogen (secondary N) is 1. The van der Waals surface area contributed by atoms with Gasteiger partial charge >= 0.3 is 6.09 Å². The largest absolute Gasteiger partial charge is 0.444 e. The number of primary amides is 1. The van der Waals surface area contributed by atoms with Crippen LogP contribution in [0, 0.1) is 0 Å². The van der Waals surface area contributed by atoms with Crippen LogP contribution in [-0.2, 0) is 9.53 Å². The molecule has 5 nitrogen and oxygen atoms in total. The first-order valence-electron chi connectivity index (χ1n) is 5.04. The molecule has 2 amide bonds. The van der Waals surface area contributed by atoms with Crippen molar-refractivity contribution < 1.29 is 14.3 Å². The maximum atomic E-state index is 11.4. The molecule has 0 aliphatic heterocycles. The van der Waals surface area contributed by atoms with Crippen LogP contribution in [0.25, 0.3) is 0 Å². The normalized spacial score (nSPS) is 13.0. The van der Waals surface area contributed by atoms with Crippen molar-refractivity contribution in [2.24, 2.45) is 5.73 Å². The molecule has 6 heteroatoms.